The van der Waals surface area contributed by atoms with Gasteiger partial charge in [0.05, 0.1) is 27.1 Å². The van der Waals surface area contributed by atoms with E-state index in [9.17, 15) is 17.4 Å². The highest BCUT2D eigenvalue weighted by Gasteiger charge is 2.39. The summed E-state index contributed by atoms with van der Waals surface area (Å²) < 4.78 is 49.9. The van der Waals surface area contributed by atoms with Crippen LogP contribution in [0.3, 0.4) is 0 Å². The second-order valence-electron chi connectivity index (χ2n) is 5.74. The van der Waals surface area contributed by atoms with Crippen LogP contribution in [0.4, 0.5) is 13.2 Å². The van der Waals surface area contributed by atoms with Crippen LogP contribution in [-0.2, 0) is 10.8 Å². The first-order chi connectivity index (χ1) is 10.9. The van der Waals surface area contributed by atoms with Crippen LogP contribution in [0.2, 0.25) is 0 Å². The quantitative estimate of drug-likeness (QED) is 0.792. The molecule has 0 fully saturated rings. The van der Waals surface area contributed by atoms with E-state index < -0.39 is 22.9 Å². The van der Waals surface area contributed by atoms with Gasteiger partial charge in [0, 0.05) is 23.4 Å². The third-order valence-corrected chi connectivity index (χ3v) is 5.12. The van der Waals surface area contributed by atoms with E-state index in [1.807, 2.05) is 24.3 Å². The fourth-order valence-electron chi connectivity index (χ4n) is 2.93. The zero-order chi connectivity index (χ0) is 16.6. The molecule has 23 heavy (non-hydrogen) atoms. The lowest BCUT2D eigenvalue weighted by atomic mass is 9.85. The minimum atomic E-state index is -4.13. The van der Waals surface area contributed by atoms with E-state index >= 15 is 0 Å². The molecular weight excluding hydrogens is 323 g/mol. The van der Waals surface area contributed by atoms with Crippen molar-refractivity contribution in [3.63, 3.8) is 0 Å². The Hall–Kier alpha value is -1.69. The number of fused-ring (bicyclic) bond motifs is 1. The highest BCUT2D eigenvalue weighted by molar-refractivity contribution is 7.84. The second-order valence-corrected chi connectivity index (χ2v) is 7.12. The smallest absolute Gasteiger partial charge is 0.255 e. The SMILES string of the molecule is CS(=O)c1cnc2c(C3=CCC(C(F)(F)F)CC3)cccc2c1. The highest BCUT2D eigenvalue weighted by Crippen LogP contribution is 2.40. The normalized spacial score (nSPS) is 20.3. The minimum absolute atomic E-state index is 0.0201. The molecule has 2 atom stereocenters. The van der Waals surface area contributed by atoms with Gasteiger partial charge in [-0.1, -0.05) is 24.3 Å². The topological polar surface area (TPSA) is 30.0 Å². The summed E-state index contributed by atoms with van der Waals surface area (Å²) in [6.07, 6.45) is 1.25. The molecule has 0 N–H and O–H groups in total. The Labute approximate surface area is 134 Å². The average molecular weight is 339 g/mol. The van der Waals surface area contributed by atoms with Crippen molar-refractivity contribution >= 4 is 27.3 Å². The molecule has 122 valence electrons. The van der Waals surface area contributed by atoms with E-state index in [1.54, 1.807) is 18.5 Å². The summed E-state index contributed by atoms with van der Waals surface area (Å²) in [5, 5.41) is 0.856. The molecule has 2 unspecified atom stereocenters. The van der Waals surface area contributed by atoms with Gasteiger partial charge in [-0.05, 0) is 30.9 Å². The fourth-order valence-corrected chi connectivity index (χ4v) is 3.43. The summed E-state index contributed by atoms with van der Waals surface area (Å²) in [5.41, 5.74) is 2.53. The van der Waals surface area contributed by atoms with Gasteiger partial charge >= 0.3 is 6.18 Å². The van der Waals surface area contributed by atoms with Gasteiger partial charge in [-0.15, -0.1) is 0 Å². The van der Waals surface area contributed by atoms with Crippen LogP contribution in [0.15, 0.2) is 41.4 Å². The molecule has 1 aliphatic rings. The zero-order valence-corrected chi connectivity index (χ0v) is 13.4. The number of nitrogens with zero attached hydrogens (tertiary/aromatic N) is 1. The number of hydrogen-bond donors (Lipinski definition) is 0. The van der Waals surface area contributed by atoms with Crippen LogP contribution >= 0.6 is 0 Å². The molecule has 6 heteroatoms. The van der Waals surface area contributed by atoms with Crippen molar-refractivity contribution in [2.24, 2.45) is 5.92 Å². The van der Waals surface area contributed by atoms with E-state index in [2.05, 4.69) is 4.98 Å². The Kier molecular flexibility index (Phi) is 4.27. The van der Waals surface area contributed by atoms with Crippen LogP contribution in [0.1, 0.15) is 24.8 Å². The van der Waals surface area contributed by atoms with Gasteiger partial charge in [-0.2, -0.15) is 13.2 Å². The zero-order valence-electron chi connectivity index (χ0n) is 12.6. The van der Waals surface area contributed by atoms with E-state index in [-0.39, 0.29) is 12.8 Å². The number of alkyl halides is 3. The molecule has 0 saturated heterocycles. The number of halogens is 3. The third kappa shape index (κ3) is 3.32. The van der Waals surface area contributed by atoms with Gasteiger partial charge in [0.1, 0.15) is 0 Å². The molecular formula is C17H16F3NOS. The minimum Gasteiger partial charge on any atom is -0.255 e. The van der Waals surface area contributed by atoms with Crippen molar-refractivity contribution in [1.82, 2.24) is 4.98 Å². The summed E-state index contributed by atoms with van der Waals surface area (Å²) in [4.78, 5) is 5.03. The van der Waals surface area contributed by atoms with Crippen LogP contribution in [0, 0.1) is 5.92 Å². The average Bonchev–Trinajstić information content (AvgIpc) is 2.53. The largest absolute Gasteiger partial charge is 0.392 e. The van der Waals surface area contributed by atoms with Gasteiger partial charge in [-0.25, -0.2) is 0 Å². The molecule has 0 spiro atoms. The third-order valence-electron chi connectivity index (χ3n) is 4.24. The predicted molar refractivity (Wildman–Crippen MR) is 85.4 cm³/mol. The van der Waals surface area contributed by atoms with Crippen LogP contribution < -0.4 is 0 Å². The number of hydrogen-bond acceptors (Lipinski definition) is 2. The first kappa shape index (κ1) is 16.2. The van der Waals surface area contributed by atoms with Crippen molar-refractivity contribution in [2.75, 3.05) is 6.26 Å². The molecule has 1 aromatic carbocycles. The Morgan fingerprint density at radius 1 is 1.30 bits per heavy atom. The molecule has 3 rings (SSSR count). The molecule has 1 aliphatic carbocycles. The number of allylic oxidation sites excluding steroid dienone is 2. The summed E-state index contributed by atoms with van der Waals surface area (Å²) in [6.45, 7) is 0. The van der Waals surface area contributed by atoms with E-state index in [0.717, 1.165) is 22.0 Å². The Balaban J connectivity index is 1.98. The molecule has 0 radical (unpaired) electrons. The Morgan fingerprint density at radius 2 is 2.09 bits per heavy atom. The molecule has 2 nitrogen and oxygen atoms in total. The monoisotopic (exact) mass is 339 g/mol. The van der Waals surface area contributed by atoms with E-state index in [4.69, 9.17) is 0 Å². The first-order valence-electron chi connectivity index (χ1n) is 7.34. The van der Waals surface area contributed by atoms with Gasteiger partial charge in [0.2, 0.25) is 0 Å². The van der Waals surface area contributed by atoms with Gasteiger partial charge in [0.25, 0.3) is 0 Å². The van der Waals surface area contributed by atoms with Crippen molar-refractivity contribution in [3.8, 4) is 0 Å². The highest BCUT2D eigenvalue weighted by atomic mass is 32.2. The predicted octanol–water partition coefficient (Wildman–Crippen LogP) is 4.72. The number of aromatic nitrogens is 1. The summed E-state index contributed by atoms with van der Waals surface area (Å²) in [6, 6.07) is 7.45. The van der Waals surface area contributed by atoms with Crippen LogP contribution in [0.25, 0.3) is 16.5 Å². The second kappa shape index (κ2) is 6.07. The number of rotatable bonds is 2. The fraction of sp³-hybridized carbons (Fsp3) is 0.353. The lowest BCUT2D eigenvalue weighted by Gasteiger charge is -2.24. The van der Waals surface area contributed by atoms with Gasteiger partial charge < -0.3 is 0 Å². The van der Waals surface area contributed by atoms with Gasteiger partial charge in [0.15, 0.2) is 0 Å². The first-order valence-corrected chi connectivity index (χ1v) is 8.90. The van der Waals surface area contributed by atoms with Crippen molar-refractivity contribution in [1.29, 1.82) is 0 Å². The molecule has 0 aliphatic heterocycles. The van der Waals surface area contributed by atoms with Crippen molar-refractivity contribution in [3.05, 3.63) is 42.1 Å². The standard InChI is InChI=1S/C17H16F3NOS/c1-23(22)14-9-12-3-2-4-15(16(12)21-10-14)11-5-7-13(8-6-11)17(18,19)20/h2-5,9-10,13H,6-8H2,1H3. The molecule has 1 heterocycles. The van der Waals surface area contributed by atoms with Crippen molar-refractivity contribution < 1.29 is 17.4 Å². The maximum Gasteiger partial charge on any atom is 0.392 e. The summed E-state index contributed by atoms with van der Waals surface area (Å²) in [5.74, 6) is -1.25. The molecule has 2 aromatic rings. The number of pyridine rings is 1. The van der Waals surface area contributed by atoms with E-state index in [1.165, 1.54) is 0 Å². The van der Waals surface area contributed by atoms with E-state index in [0.29, 0.717) is 11.3 Å². The number of benzene rings is 1. The summed E-state index contributed by atoms with van der Waals surface area (Å²) in [7, 11) is -1.11. The molecule has 0 saturated carbocycles. The molecule has 0 bridgehead atoms. The molecule has 0 amide bonds. The number of para-hydroxylation sites is 1. The van der Waals surface area contributed by atoms with Crippen LogP contribution in [-0.4, -0.2) is 21.6 Å². The maximum atomic E-state index is 12.8. The maximum absolute atomic E-state index is 12.8. The lowest BCUT2D eigenvalue weighted by molar-refractivity contribution is -0.175. The van der Waals surface area contributed by atoms with Gasteiger partial charge in [-0.3, -0.25) is 9.19 Å². The van der Waals surface area contributed by atoms with Crippen molar-refractivity contribution in [2.45, 2.75) is 30.3 Å². The van der Waals surface area contributed by atoms with Crippen LogP contribution in [0.5, 0.6) is 0 Å². The Morgan fingerprint density at radius 3 is 2.70 bits per heavy atom. The molecule has 1 aromatic heterocycles. The Bertz CT molecular complexity index is 798. The lowest BCUT2D eigenvalue weighted by Crippen LogP contribution is -2.24. The summed E-state index contributed by atoms with van der Waals surface area (Å²) >= 11 is 0.